The molecule has 0 radical (unpaired) electrons. The number of hydrogen-bond donors (Lipinski definition) is 2. The highest BCUT2D eigenvalue weighted by Gasteiger charge is 2.48. The number of amides is 2. The molecule has 0 aliphatic rings. The maximum absolute atomic E-state index is 13.3. The minimum absolute atomic E-state index is 0.0819. The van der Waals surface area contributed by atoms with E-state index in [9.17, 15) is 14.4 Å². The van der Waals surface area contributed by atoms with E-state index < -0.39 is 29.1 Å². The van der Waals surface area contributed by atoms with Crippen LogP contribution in [0.25, 0.3) is 0 Å². The van der Waals surface area contributed by atoms with Crippen LogP contribution in [-0.2, 0) is 19.2 Å². The highest BCUT2D eigenvalue weighted by Crippen LogP contribution is 2.25. The van der Waals surface area contributed by atoms with Crippen LogP contribution in [0.4, 0.5) is 10.7 Å². The first-order valence-electron chi connectivity index (χ1n) is 8.91. The van der Waals surface area contributed by atoms with Gasteiger partial charge >= 0.3 is 12.1 Å². The number of oxime groups is 1. The predicted octanol–water partition coefficient (Wildman–Crippen LogP) is 0.712. The van der Waals surface area contributed by atoms with Gasteiger partial charge in [-0.1, -0.05) is 23.1 Å². The standard InChI is InChI=1S/C17H26N8O5/c1-8-10-17(7,13(27)25(18)11(3)21-30-12(26)9-2)24(14-19-22-23-20-14)15(28)29-16(4,5)6/h9,18H2,1-7H3,(H,19,20,22,23). The van der Waals surface area contributed by atoms with Gasteiger partial charge in [-0.25, -0.2) is 25.3 Å². The third-order valence-electron chi connectivity index (χ3n) is 3.48. The SMILES string of the molecule is CC#CC(C)(C(=O)N(N)C(C)=NOC(=O)CC)N(C(=O)OC(C)(C)C)c1nn[nH]n1. The normalized spacial score (nSPS) is 13.4. The van der Waals surface area contributed by atoms with Crippen LogP contribution in [0, 0.1) is 11.8 Å². The molecule has 3 N–H and O–H groups in total. The molecule has 1 atom stereocenters. The molecule has 164 valence electrons. The van der Waals surface area contributed by atoms with Gasteiger partial charge in [0, 0.05) is 6.42 Å². The first-order chi connectivity index (χ1) is 13.9. The van der Waals surface area contributed by atoms with Crippen LogP contribution in [0.1, 0.15) is 54.9 Å². The molecule has 0 fully saturated rings. The van der Waals surface area contributed by atoms with E-state index in [4.69, 9.17) is 10.6 Å². The molecule has 0 aliphatic heterocycles. The van der Waals surface area contributed by atoms with Crippen molar-refractivity contribution in [2.45, 2.75) is 66.0 Å². The summed E-state index contributed by atoms with van der Waals surface area (Å²) in [5.74, 6) is 9.19. The van der Waals surface area contributed by atoms with Gasteiger partial charge in [0.2, 0.25) is 0 Å². The molecule has 1 aromatic rings. The van der Waals surface area contributed by atoms with Gasteiger partial charge in [-0.3, -0.25) is 4.79 Å². The monoisotopic (exact) mass is 422 g/mol. The van der Waals surface area contributed by atoms with Gasteiger partial charge < -0.3 is 9.57 Å². The number of aromatic nitrogens is 4. The summed E-state index contributed by atoms with van der Waals surface area (Å²) in [7, 11) is 0. The lowest BCUT2D eigenvalue weighted by Gasteiger charge is -2.36. The Morgan fingerprint density at radius 1 is 1.27 bits per heavy atom. The topological polar surface area (TPSA) is 169 Å². The zero-order valence-corrected chi connectivity index (χ0v) is 18.0. The van der Waals surface area contributed by atoms with Crippen LogP contribution in [-0.4, -0.2) is 60.6 Å². The van der Waals surface area contributed by atoms with E-state index in [0.29, 0.717) is 5.01 Å². The molecule has 2 amide bonds. The van der Waals surface area contributed by atoms with Crippen molar-refractivity contribution in [3.05, 3.63) is 0 Å². The summed E-state index contributed by atoms with van der Waals surface area (Å²) in [6, 6.07) is 0. The van der Waals surface area contributed by atoms with Crippen LogP contribution in [0.5, 0.6) is 0 Å². The maximum atomic E-state index is 13.3. The molecule has 1 rings (SSSR count). The van der Waals surface area contributed by atoms with E-state index in [-0.39, 0.29) is 18.2 Å². The van der Waals surface area contributed by atoms with Gasteiger partial charge in [0.1, 0.15) is 5.60 Å². The Balaban J connectivity index is 3.42. The van der Waals surface area contributed by atoms with Gasteiger partial charge in [-0.05, 0) is 46.8 Å². The number of nitrogens with one attached hydrogen (secondary N) is 1. The lowest BCUT2D eigenvalue weighted by atomic mass is 9.99. The fourth-order valence-corrected chi connectivity index (χ4v) is 2.08. The number of tetrazole rings is 1. The van der Waals surface area contributed by atoms with Crippen molar-refractivity contribution in [3.63, 3.8) is 0 Å². The van der Waals surface area contributed by atoms with Gasteiger partial charge in [-0.15, -0.1) is 11.0 Å². The molecule has 0 spiro atoms. The molecular formula is C17H26N8O5. The Hall–Kier alpha value is -3.53. The number of ether oxygens (including phenoxy) is 1. The number of rotatable bonds is 5. The fourth-order valence-electron chi connectivity index (χ4n) is 2.08. The summed E-state index contributed by atoms with van der Waals surface area (Å²) < 4.78 is 5.39. The van der Waals surface area contributed by atoms with Crippen molar-refractivity contribution in [2.75, 3.05) is 4.90 Å². The molecule has 1 aromatic heterocycles. The number of nitrogens with zero attached hydrogens (tertiary/aromatic N) is 6. The molecule has 1 heterocycles. The first-order valence-corrected chi connectivity index (χ1v) is 8.91. The molecule has 0 aromatic carbocycles. The van der Waals surface area contributed by atoms with Crippen LogP contribution >= 0.6 is 0 Å². The predicted molar refractivity (Wildman–Crippen MR) is 105 cm³/mol. The van der Waals surface area contributed by atoms with E-state index >= 15 is 0 Å². The zero-order valence-electron chi connectivity index (χ0n) is 18.0. The summed E-state index contributed by atoms with van der Waals surface area (Å²) >= 11 is 0. The van der Waals surface area contributed by atoms with Gasteiger partial charge in [0.05, 0.1) is 0 Å². The van der Waals surface area contributed by atoms with Crippen LogP contribution < -0.4 is 10.7 Å². The highest BCUT2D eigenvalue weighted by atomic mass is 16.7. The molecule has 1 unspecified atom stereocenters. The Morgan fingerprint density at radius 3 is 2.37 bits per heavy atom. The molecule has 0 bridgehead atoms. The Morgan fingerprint density at radius 2 is 1.90 bits per heavy atom. The van der Waals surface area contributed by atoms with E-state index in [0.717, 1.165) is 4.90 Å². The average molecular weight is 422 g/mol. The summed E-state index contributed by atoms with van der Waals surface area (Å²) in [5, 5.41) is 17.3. The van der Waals surface area contributed by atoms with Crippen molar-refractivity contribution in [1.82, 2.24) is 25.6 Å². The van der Waals surface area contributed by atoms with Crippen molar-refractivity contribution >= 4 is 29.8 Å². The second-order valence-electron chi connectivity index (χ2n) is 7.11. The largest absolute Gasteiger partial charge is 0.443 e. The Kier molecular flexibility index (Phi) is 8.00. The van der Waals surface area contributed by atoms with E-state index in [1.165, 1.54) is 20.8 Å². The minimum Gasteiger partial charge on any atom is -0.443 e. The number of amidine groups is 1. The number of nitrogens with two attached hydrogens (primary N) is 1. The number of hydrogen-bond acceptors (Lipinski definition) is 10. The van der Waals surface area contributed by atoms with Gasteiger partial charge in [-0.2, -0.15) is 5.21 Å². The summed E-state index contributed by atoms with van der Waals surface area (Å²) in [4.78, 5) is 43.0. The number of hydrazine groups is 1. The summed E-state index contributed by atoms with van der Waals surface area (Å²) in [6.45, 7) is 10.7. The number of H-pyrrole nitrogens is 1. The number of carbonyl (C=O) groups excluding carboxylic acids is 3. The molecule has 30 heavy (non-hydrogen) atoms. The lowest BCUT2D eigenvalue weighted by Crippen LogP contribution is -2.63. The fraction of sp³-hybridized carbons (Fsp3) is 0.588. The van der Waals surface area contributed by atoms with Crippen molar-refractivity contribution in [2.24, 2.45) is 11.0 Å². The van der Waals surface area contributed by atoms with Crippen LogP contribution in [0.15, 0.2) is 5.16 Å². The average Bonchev–Trinajstić information content (AvgIpc) is 3.17. The van der Waals surface area contributed by atoms with Gasteiger partial charge in [0.15, 0.2) is 11.4 Å². The summed E-state index contributed by atoms with van der Waals surface area (Å²) in [6.07, 6.45) is -0.874. The van der Waals surface area contributed by atoms with Crippen molar-refractivity contribution in [3.8, 4) is 11.8 Å². The van der Waals surface area contributed by atoms with Crippen LogP contribution in [0.3, 0.4) is 0 Å². The third-order valence-corrected chi connectivity index (χ3v) is 3.48. The highest BCUT2D eigenvalue weighted by molar-refractivity contribution is 6.08. The third kappa shape index (κ3) is 5.98. The first kappa shape index (κ1) is 24.5. The number of anilines is 1. The molecular weight excluding hydrogens is 396 g/mol. The molecule has 13 nitrogen and oxygen atoms in total. The van der Waals surface area contributed by atoms with Gasteiger partial charge in [0.25, 0.3) is 11.9 Å². The van der Waals surface area contributed by atoms with E-state index in [2.05, 4.69) is 42.5 Å². The Bertz CT molecular complexity index is 865. The second kappa shape index (κ2) is 9.79. The molecule has 0 aliphatic carbocycles. The summed E-state index contributed by atoms with van der Waals surface area (Å²) in [5.41, 5.74) is -2.81. The Labute approximate surface area is 173 Å². The molecule has 0 saturated carbocycles. The quantitative estimate of drug-likeness (QED) is 0.132. The van der Waals surface area contributed by atoms with Crippen LogP contribution in [0.2, 0.25) is 0 Å². The van der Waals surface area contributed by atoms with E-state index in [1.54, 1.807) is 27.7 Å². The lowest BCUT2D eigenvalue weighted by molar-refractivity contribution is -0.143. The number of carbonyl (C=O) groups is 3. The molecule has 13 heteroatoms. The smallest absolute Gasteiger partial charge is 0.419 e. The zero-order chi connectivity index (χ0) is 23.1. The van der Waals surface area contributed by atoms with E-state index in [1.807, 2.05) is 0 Å². The van der Waals surface area contributed by atoms with Crippen molar-refractivity contribution in [1.29, 1.82) is 0 Å². The minimum atomic E-state index is -1.92. The second-order valence-corrected chi connectivity index (χ2v) is 7.11. The van der Waals surface area contributed by atoms with Crippen molar-refractivity contribution < 1.29 is 24.0 Å². The maximum Gasteiger partial charge on any atom is 0.419 e. The number of aromatic amines is 1. The molecule has 0 saturated heterocycles.